The van der Waals surface area contributed by atoms with Crippen LogP contribution in [0.4, 0.5) is 4.39 Å². The molecule has 0 aliphatic rings. The van der Waals surface area contributed by atoms with E-state index in [-0.39, 0.29) is 23.8 Å². The molecule has 25 heavy (non-hydrogen) atoms. The molecule has 1 rings (SSSR count). The third-order valence-corrected chi connectivity index (χ3v) is 3.94. The number of carbonyl (C=O) groups excluding carboxylic acids is 1. The second-order valence-electron chi connectivity index (χ2n) is 5.85. The summed E-state index contributed by atoms with van der Waals surface area (Å²) >= 11 is 0. The van der Waals surface area contributed by atoms with Gasteiger partial charge in [0.1, 0.15) is 5.82 Å². The topological polar surface area (TPSA) is 53.9 Å². The first-order valence-corrected chi connectivity index (χ1v) is 8.99. The fourth-order valence-corrected chi connectivity index (χ4v) is 2.43. The van der Waals surface area contributed by atoms with Crippen LogP contribution in [0.2, 0.25) is 0 Å². The van der Waals surface area contributed by atoms with Crippen molar-refractivity contribution in [2.75, 3.05) is 26.2 Å². The van der Waals surface area contributed by atoms with Crippen molar-refractivity contribution in [3.05, 3.63) is 35.6 Å². The van der Waals surface area contributed by atoms with Crippen LogP contribution in [0.5, 0.6) is 0 Å². The summed E-state index contributed by atoms with van der Waals surface area (Å²) in [5.74, 6) is -0.736. The predicted octanol–water partition coefficient (Wildman–Crippen LogP) is 3.46. The van der Waals surface area contributed by atoms with Crippen LogP contribution in [0.15, 0.2) is 29.3 Å². The van der Waals surface area contributed by atoms with E-state index in [0.29, 0.717) is 12.2 Å². The van der Waals surface area contributed by atoms with Gasteiger partial charge in [-0.15, -0.1) is 0 Å². The minimum atomic E-state index is -0.378. The van der Waals surface area contributed by atoms with Gasteiger partial charge in [0.2, 0.25) is 0 Å². The van der Waals surface area contributed by atoms with Crippen LogP contribution in [-0.4, -0.2) is 49.1 Å². The zero-order valence-electron chi connectivity index (χ0n) is 15.7. The van der Waals surface area contributed by atoms with Crippen molar-refractivity contribution in [2.45, 2.75) is 46.6 Å². The fourth-order valence-electron chi connectivity index (χ4n) is 2.43. The van der Waals surface area contributed by atoms with Gasteiger partial charge < -0.3 is 9.64 Å². The van der Waals surface area contributed by atoms with E-state index in [1.807, 2.05) is 13.8 Å². The van der Waals surface area contributed by atoms with Crippen molar-refractivity contribution in [3.8, 4) is 0 Å². The molecule has 0 saturated carbocycles. The third-order valence-electron chi connectivity index (χ3n) is 3.94. The smallest absolute Gasteiger partial charge is 0.291 e. The van der Waals surface area contributed by atoms with E-state index in [9.17, 15) is 9.18 Å². The second-order valence-corrected chi connectivity index (χ2v) is 5.85. The molecule has 0 aliphatic carbocycles. The zero-order valence-corrected chi connectivity index (χ0v) is 15.7. The summed E-state index contributed by atoms with van der Waals surface area (Å²) in [4.78, 5) is 19.0. The average Bonchev–Trinajstić information content (AvgIpc) is 2.59. The van der Waals surface area contributed by atoms with Gasteiger partial charge in [0.25, 0.3) is 11.9 Å². The average molecular weight is 351 g/mol. The van der Waals surface area contributed by atoms with Gasteiger partial charge in [0.15, 0.2) is 0 Å². The highest BCUT2D eigenvalue weighted by Crippen LogP contribution is 2.05. The van der Waals surface area contributed by atoms with Gasteiger partial charge in [0.05, 0.1) is 12.6 Å². The summed E-state index contributed by atoms with van der Waals surface area (Å²) in [5, 5.41) is 2.66. The molecular weight excluding hydrogens is 321 g/mol. The Balaban J connectivity index is 2.59. The molecular formula is C19H30FN3O2. The van der Waals surface area contributed by atoms with E-state index in [2.05, 4.69) is 29.1 Å². The van der Waals surface area contributed by atoms with Crippen molar-refractivity contribution in [3.63, 3.8) is 0 Å². The number of carbonyl (C=O) groups is 1. The molecule has 0 aliphatic heterocycles. The minimum absolute atomic E-state index is 0.0469. The highest BCUT2D eigenvalue weighted by atomic mass is 19.1. The van der Waals surface area contributed by atoms with Crippen molar-refractivity contribution < 1.29 is 13.9 Å². The highest BCUT2D eigenvalue weighted by molar-refractivity contribution is 6.04. The highest BCUT2D eigenvalue weighted by Gasteiger charge is 2.12. The van der Waals surface area contributed by atoms with Gasteiger partial charge in [-0.25, -0.2) is 9.38 Å². The molecule has 0 heterocycles. The molecule has 1 N–H and O–H groups in total. The van der Waals surface area contributed by atoms with Crippen molar-refractivity contribution in [1.82, 2.24) is 10.2 Å². The number of nitrogens with one attached hydrogen (secondary N) is 1. The molecule has 5 nitrogen and oxygen atoms in total. The molecule has 1 amide bonds. The van der Waals surface area contributed by atoms with Gasteiger partial charge in [-0.3, -0.25) is 10.1 Å². The number of aliphatic imine (C=N–C) groups is 1. The summed E-state index contributed by atoms with van der Waals surface area (Å²) in [5.41, 5.74) is 0.364. The van der Waals surface area contributed by atoms with Gasteiger partial charge >= 0.3 is 0 Å². The zero-order chi connectivity index (χ0) is 18.7. The number of benzene rings is 1. The fraction of sp³-hybridized carbons (Fsp3) is 0.579. The van der Waals surface area contributed by atoms with Gasteiger partial charge in [-0.1, -0.05) is 13.8 Å². The first-order chi connectivity index (χ1) is 12.0. The Morgan fingerprint density at radius 1 is 1.24 bits per heavy atom. The lowest BCUT2D eigenvalue weighted by atomic mass is 10.2. The lowest BCUT2D eigenvalue weighted by Gasteiger charge is -2.18. The Morgan fingerprint density at radius 2 is 1.88 bits per heavy atom. The summed E-state index contributed by atoms with van der Waals surface area (Å²) < 4.78 is 18.4. The largest absolute Gasteiger partial charge is 0.465 e. The number of hydrogen-bond acceptors (Lipinski definition) is 4. The number of amidine groups is 1. The minimum Gasteiger partial charge on any atom is -0.465 e. The van der Waals surface area contributed by atoms with Gasteiger partial charge in [0, 0.05) is 5.56 Å². The Hall–Kier alpha value is -1.95. The molecule has 0 unspecified atom stereocenters. The lowest BCUT2D eigenvalue weighted by Crippen LogP contribution is -2.33. The maximum atomic E-state index is 12.9. The summed E-state index contributed by atoms with van der Waals surface area (Å²) in [6.45, 7) is 11.7. The molecule has 0 radical (unpaired) electrons. The Kier molecular flexibility index (Phi) is 9.77. The molecule has 1 aromatic rings. The van der Waals surface area contributed by atoms with Crippen LogP contribution in [0.3, 0.4) is 0 Å². The number of nitrogens with zero attached hydrogens (tertiary/aromatic N) is 2. The molecule has 0 spiro atoms. The van der Waals surface area contributed by atoms with Crippen molar-refractivity contribution >= 4 is 11.9 Å². The van der Waals surface area contributed by atoms with Crippen LogP contribution >= 0.6 is 0 Å². The number of amides is 1. The summed E-state index contributed by atoms with van der Waals surface area (Å²) in [6.07, 6.45) is 1.96. The first kappa shape index (κ1) is 21.1. The van der Waals surface area contributed by atoms with E-state index in [1.165, 1.54) is 24.3 Å². The molecule has 1 aromatic carbocycles. The van der Waals surface area contributed by atoms with Crippen molar-refractivity contribution in [1.29, 1.82) is 0 Å². The van der Waals surface area contributed by atoms with E-state index in [1.54, 1.807) is 0 Å². The Bertz CT molecular complexity index is 542. The lowest BCUT2D eigenvalue weighted by molar-refractivity contribution is 0.0966. The van der Waals surface area contributed by atoms with Crippen LogP contribution in [0, 0.1) is 5.82 Å². The molecule has 0 saturated heterocycles. The molecule has 6 heteroatoms. The van der Waals surface area contributed by atoms with E-state index in [0.717, 1.165) is 32.5 Å². The number of rotatable bonds is 9. The number of halogens is 1. The van der Waals surface area contributed by atoms with Crippen molar-refractivity contribution in [2.24, 2.45) is 4.99 Å². The van der Waals surface area contributed by atoms with E-state index in [4.69, 9.17) is 4.74 Å². The quantitative estimate of drug-likeness (QED) is 0.547. The Labute approximate surface area is 150 Å². The maximum Gasteiger partial charge on any atom is 0.291 e. The summed E-state index contributed by atoms with van der Waals surface area (Å²) in [6, 6.07) is 5.63. The summed E-state index contributed by atoms with van der Waals surface area (Å²) in [7, 11) is 0. The molecule has 140 valence electrons. The van der Waals surface area contributed by atoms with Crippen LogP contribution in [-0.2, 0) is 4.74 Å². The molecule has 1 atom stereocenters. The monoisotopic (exact) mass is 351 g/mol. The normalized spacial score (nSPS) is 13.0. The molecule has 0 bridgehead atoms. The first-order valence-electron chi connectivity index (χ1n) is 8.99. The molecule has 0 fully saturated rings. The number of hydrogen-bond donors (Lipinski definition) is 1. The molecule has 0 aromatic heterocycles. The SMILES string of the molecule is CCOC(=N[C@@H](C)CCCN(CC)CC)NC(=O)c1ccc(F)cc1. The van der Waals surface area contributed by atoms with Gasteiger partial charge in [-0.2, -0.15) is 0 Å². The number of ether oxygens (including phenoxy) is 1. The maximum absolute atomic E-state index is 12.9. The Morgan fingerprint density at radius 3 is 2.44 bits per heavy atom. The van der Waals surface area contributed by atoms with E-state index < -0.39 is 0 Å². The predicted molar refractivity (Wildman–Crippen MR) is 99.4 cm³/mol. The van der Waals surface area contributed by atoms with Crippen LogP contribution in [0.25, 0.3) is 0 Å². The van der Waals surface area contributed by atoms with Gasteiger partial charge in [-0.05, 0) is 70.6 Å². The third kappa shape index (κ3) is 8.12. The van der Waals surface area contributed by atoms with Crippen LogP contribution in [0.1, 0.15) is 50.9 Å². The van der Waals surface area contributed by atoms with E-state index >= 15 is 0 Å². The standard InChI is InChI=1S/C19H30FN3O2/c1-5-23(6-2)14-8-9-15(4)21-19(25-7-3)22-18(24)16-10-12-17(20)13-11-16/h10-13,15H,5-9,14H2,1-4H3,(H,21,22,24)/t15-/m0/s1. The second kappa shape index (κ2) is 11.6. The van der Waals surface area contributed by atoms with Crippen LogP contribution < -0.4 is 5.32 Å².